The van der Waals surface area contributed by atoms with Crippen molar-refractivity contribution in [3.63, 3.8) is 0 Å². The van der Waals surface area contributed by atoms with E-state index in [2.05, 4.69) is 15.3 Å². The van der Waals surface area contributed by atoms with E-state index in [0.717, 1.165) is 0 Å². The van der Waals surface area contributed by atoms with Crippen LogP contribution in [-0.2, 0) is 4.74 Å². The molecule has 116 valence electrons. The summed E-state index contributed by atoms with van der Waals surface area (Å²) in [5.74, 6) is 0.812. The summed E-state index contributed by atoms with van der Waals surface area (Å²) in [5, 5.41) is 2.64. The van der Waals surface area contributed by atoms with Crippen molar-refractivity contribution in [1.82, 2.24) is 9.97 Å². The van der Waals surface area contributed by atoms with Gasteiger partial charge in [0, 0.05) is 12.3 Å². The summed E-state index contributed by atoms with van der Waals surface area (Å²) in [4.78, 5) is 19.6. The average molecular weight is 302 g/mol. The molecule has 1 heterocycles. The molecule has 1 amide bonds. The molecule has 0 saturated heterocycles. The van der Waals surface area contributed by atoms with E-state index in [1.165, 1.54) is 6.20 Å². The van der Waals surface area contributed by atoms with Crippen LogP contribution >= 0.6 is 0 Å². The molecule has 0 aliphatic heterocycles. The maximum Gasteiger partial charge on any atom is 0.412 e. The summed E-state index contributed by atoms with van der Waals surface area (Å²) in [7, 11) is 0. The Morgan fingerprint density at radius 3 is 2.64 bits per heavy atom. The Hall–Kier alpha value is -2.83. The summed E-state index contributed by atoms with van der Waals surface area (Å²) in [6.07, 6.45) is 0.924. The lowest BCUT2D eigenvalue weighted by Crippen LogP contribution is -2.27. The lowest BCUT2D eigenvalue weighted by Gasteiger charge is -2.20. The maximum atomic E-state index is 11.9. The third kappa shape index (κ3) is 4.62. The first-order chi connectivity index (χ1) is 10.3. The molecule has 22 heavy (non-hydrogen) atoms. The van der Waals surface area contributed by atoms with Gasteiger partial charge >= 0.3 is 6.09 Å². The summed E-state index contributed by atoms with van der Waals surface area (Å²) in [6, 6.07) is 8.52. The first-order valence-electron chi connectivity index (χ1n) is 6.69. The van der Waals surface area contributed by atoms with Gasteiger partial charge < -0.3 is 15.2 Å². The minimum Gasteiger partial charge on any atom is -0.444 e. The average Bonchev–Trinajstić information content (AvgIpc) is 2.39. The second-order valence-electron chi connectivity index (χ2n) is 5.48. The van der Waals surface area contributed by atoms with Gasteiger partial charge in [-0.2, -0.15) is 4.98 Å². The molecule has 0 fully saturated rings. The number of ether oxygens (including phenoxy) is 2. The number of nitrogens with zero attached hydrogens (tertiary/aromatic N) is 2. The number of benzene rings is 1. The minimum absolute atomic E-state index is 0.107. The molecule has 0 bridgehead atoms. The smallest absolute Gasteiger partial charge is 0.412 e. The quantitative estimate of drug-likeness (QED) is 0.903. The highest BCUT2D eigenvalue weighted by molar-refractivity contribution is 5.87. The van der Waals surface area contributed by atoms with Crippen molar-refractivity contribution < 1.29 is 14.3 Å². The molecule has 1 aromatic carbocycles. The standard InChI is InChI=1S/C15H18N4O3/c1-15(2,3)22-14(20)18-10-6-4-5-7-11(10)21-12-8-9-17-13(16)19-12/h4-9H,1-3H3,(H,18,20)(H2,16,17,19). The first-order valence-corrected chi connectivity index (χ1v) is 6.69. The third-order valence-corrected chi connectivity index (χ3v) is 2.39. The number of hydrogen-bond acceptors (Lipinski definition) is 6. The topological polar surface area (TPSA) is 99.4 Å². The van der Waals surface area contributed by atoms with Gasteiger partial charge in [0.1, 0.15) is 5.60 Å². The number of rotatable bonds is 3. The monoisotopic (exact) mass is 302 g/mol. The van der Waals surface area contributed by atoms with E-state index in [1.807, 2.05) is 0 Å². The van der Waals surface area contributed by atoms with Crippen LogP contribution in [0.25, 0.3) is 0 Å². The molecule has 0 aliphatic carbocycles. The Morgan fingerprint density at radius 2 is 1.95 bits per heavy atom. The molecule has 2 aromatic rings. The van der Waals surface area contributed by atoms with Gasteiger partial charge in [0.25, 0.3) is 0 Å². The number of nitrogens with one attached hydrogen (secondary N) is 1. The van der Waals surface area contributed by atoms with Crippen LogP contribution in [0.1, 0.15) is 20.8 Å². The van der Waals surface area contributed by atoms with E-state index in [-0.39, 0.29) is 11.8 Å². The number of anilines is 2. The summed E-state index contributed by atoms with van der Waals surface area (Å²) in [6.45, 7) is 5.37. The highest BCUT2D eigenvalue weighted by Crippen LogP contribution is 2.28. The van der Waals surface area contributed by atoms with Crippen LogP contribution in [0.4, 0.5) is 16.4 Å². The largest absolute Gasteiger partial charge is 0.444 e. The number of nitrogen functional groups attached to an aromatic ring is 1. The number of carbonyl (C=O) groups is 1. The van der Waals surface area contributed by atoms with Crippen molar-refractivity contribution in [3.05, 3.63) is 36.5 Å². The summed E-state index contributed by atoms with van der Waals surface area (Å²) in [5.41, 5.74) is 5.39. The number of para-hydroxylation sites is 2. The van der Waals surface area contributed by atoms with Gasteiger partial charge in [-0.25, -0.2) is 9.78 Å². The van der Waals surface area contributed by atoms with E-state index in [0.29, 0.717) is 11.4 Å². The van der Waals surface area contributed by atoms with Gasteiger partial charge in [-0.15, -0.1) is 0 Å². The number of nitrogens with two attached hydrogens (primary N) is 1. The lowest BCUT2D eigenvalue weighted by atomic mass is 10.2. The highest BCUT2D eigenvalue weighted by atomic mass is 16.6. The second kappa shape index (κ2) is 6.30. The zero-order valence-electron chi connectivity index (χ0n) is 12.7. The van der Waals surface area contributed by atoms with E-state index in [4.69, 9.17) is 15.2 Å². The maximum absolute atomic E-state index is 11.9. The van der Waals surface area contributed by atoms with Gasteiger partial charge in [0.15, 0.2) is 5.75 Å². The van der Waals surface area contributed by atoms with Crippen LogP contribution < -0.4 is 15.8 Å². The Balaban J connectivity index is 2.15. The minimum atomic E-state index is -0.582. The molecule has 7 heteroatoms. The van der Waals surface area contributed by atoms with Crippen LogP contribution in [0.3, 0.4) is 0 Å². The molecule has 0 aliphatic rings. The van der Waals surface area contributed by atoms with Crippen molar-refractivity contribution >= 4 is 17.7 Å². The molecule has 0 saturated carbocycles. The molecule has 0 unspecified atom stereocenters. The number of carbonyl (C=O) groups excluding carboxylic acids is 1. The molecular formula is C15H18N4O3. The van der Waals surface area contributed by atoms with Gasteiger partial charge in [0.05, 0.1) is 5.69 Å². The van der Waals surface area contributed by atoms with Gasteiger partial charge in [0.2, 0.25) is 11.8 Å². The first kappa shape index (κ1) is 15.6. The SMILES string of the molecule is CC(C)(C)OC(=O)Nc1ccccc1Oc1ccnc(N)n1. The molecule has 0 spiro atoms. The molecule has 1 aromatic heterocycles. The van der Waals surface area contributed by atoms with Crippen molar-refractivity contribution in [3.8, 4) is 11.6 Å². The van der Waals surface area contributed by atoms with E-state index in [9.17, 15) is 4.79 Å². The van der Waals surface area contributed by atoms with Crippen molar-refractivity contribution in [2.45, 2.75) is 26.4 Å². The predicted molar refractivity (Wildman–Crippen MR) is 82.8 cm³/mol. The van der Waals surface area contributed by atoms with Crippen molar-refractivity contribution in [2.24, 2.45) is 0 Å². The van der Waals surface area contributed by atoms with Crippen molar-refractivity contribution in [2.75, 3.05) is 11.1 Å². The van der Waals surface area contributed by atoms with Crippen molar-refractivity contribution in [1.29, 1.82) is 0 Å². The van der Waals surface area contributed by atoms with Gasteiger partial charge in [-0.3, -0.25) is 5.32 Å². The molecule has 3 N–H and O–H groups in total. The third-order valence-electron chi connectivity index (χ3n) is 2.39. The number of hydrogen-bond donors (Lipinski definition) is 2. The normalized spacial score (nSPS) is 10.9. The Labute approximate surface area is 128 Å². The Kier molecular flexibility index (Phi) is 4.45. The highest BCUT2D eigenvalue weighted by Gasteiger charge is 2.17. The zero-order valence-corrected chi connectivity index (χ0v) is 12.7. The molecule has 7 nitrogen and oxygen atoms in total. The molecule has 2 rings (SSSR count). The van der Waals surface area contributed by atoms with E-state index >= 15 is 0 Å². The van der Waals surface area contributed by atoms with E-state index < -0.39 is 11.7 Å². The fourth-order valence-corrected chi connectivity index (χ4v) is 1.60. The Morgan fingerprint density at radius 1 is 1.23 bits per heavy atom. The van der Waals surface area contributed by atoms with Crippen LogP contribution in [0.5, 0.6) is 11.6 Å². The molecular weight excluding hydrogens is 284 g/mol. The van der Waals surface area contributed by atoms with Crippen LogP contribution in [-0.4, -0.2) is 21.7 Å². The number of amides is 1. The number of aromatic nitrogens is 2. The summed E-state index contributed by atoms with van der Waals surface area (Å²) < 4.78 is 10.8. The molecule has 0 radical (unpaired) electrons. The van der Waals surface area contributed by atoms with Gasteiger partial charge in [-0.05, 0) is 32.9 Å². The fraction of sp³-hybridized carbons (Fsp3) is 0.267. The van der Waals surface area contributed by atoms with Crippen LogP contribution in [0.15, 0.2) is 36.5 Å². The molecule has 0 atom stereocenters. The van der Waals surface area contributed by atoms with Gasteiger partial charge in [-0.1, -0.05) is 12.1 Å². The second-order valence-corrected chi connectivity index (χ2v) is 5.48. The zero-order chi connectivity index (χ0) is 16.2. The summed E-state index contributed by atoms with van der Waals surface area (Å²) >= 11 is 0. The van der Waals surface area contributed by atoms with E-state index in [1.54, 1.807) is 51.1 Å². The van der Waals surface area contributed by atoms with Crippen LogP contribution in [0, 0.1) is 0 Å². The lowest BCUT2D eigenvalue weighted by molar-refractivity contribution is 0.0635. The predicted octanol–water partition coefficient (Wildman–Crippen LogP) is 3.20. The van der Waals surface area contributed by atoms with Crippen LogP contribution in [0.2, 0.25) is 0 Å². The fourth-order valence-electron chi connectivity index (χ4n) is 1.60. The Bertz CT molecular complexity index is 668.